The van der Waals surface area contributed by atoms with Crippen molar-refractivity contribution in [2.45, 2.75) is 26.4 Å². The fraction of sp³-hybridized carbons (Fsp3) is 0.278. The molecular weight excluding hydrogens is 401 g/mol. The second-order valence-electron chi connectivity index (χ2n) is 6.08. The molecule has 0 radical (unpaired) electrons. The Labute approximate surface area is 152 Å². The fourth-order valence-corrected chi connectivity index (χ4v) is 5.19. The Kier molecular flexibility index (Phi) is 5.21. The van der Waals surface area contributed by atoms with Crippen molar-refractivity contribution < 1.29 is 17.9 Å². The van der Waals surface area contributed by atoms with Crippen LogP contribution in [0, 0.1) is 0 Å². The summed E-state index contributed by atoms with van der Waals surface area (Å²) < 4.78 is 31.0. The van der Waals surface area contributed by atoms with Gasteiger partial charge in [0.25, 0.3) is 0 Å². The maximum absolute atomic E-state index is 12.8. The standard InChI is InChI=1S/C18H20AsNO4S/c1-19(2)10-11-20-16-9-8-15(12-17(16)24-13-18(20)21)25(22,23)14-6-4-3-5-7-14/h3-9,12H,10-11,13H2,1-2H3. The van der Waals surface area contributed by atoms with E-state index in [1.54, 1.807) is 47.4 Å². The van der Waals surface area contributed by atoms with Crippen molar-refractivity contribution in [2.75, 3.05) is 18.1 Å². The molecule has 7 heteroatoms. The van der Waals surface area contributed by atoms with Crippen LogP contribution in [0.2, 0.25) is 16.6 Å². The molecule has 0 unspecified atom stereocenters. The first kappa shape index (κ1) is 18.0. The van der Waals surface area contributed by atoms with Gasteiger partial charge in [0.05, 0.1) is 0 Å². The summed E-state index contributed by atoms with van der Waals surface area (Å²) in [5, 5.41) is 1.02. The second kappa shape index (κ2) is 7.22. The van der Waals surface area contributed by atoms with Crippen molar-refractivity contribution >= 4 is 36.1 Å². The van der Waals surface area contributed by atoms with E-state index in [4.69, 9.17) is 4.74 Å². The summed E-state index contributed by atoms with van der Waals surface area (Å²) >= 11 is -0.855. The number of sulfone groups is 1. The van der Waals surface area contributed by atoms with Gasteiger partial charge in [-0.2, -0.15) is 0 Å². The Morgan fingerprint density at radius 2 is 1.80 bits per heavy atom. The molecule has 25 heavy (non-hydrogen) atoms. The third-order valence-corrected chi connectivity index (χ3v) is 8.07. The number of benzene rings is 2. The summed E-state index contributed by atoms with van der Waals surface area (Å²) in [5.74, 6) is 0.366. The predicted octanol–water partition coefficient (Wildman–Crippen LogP) is 3.00. The molecule has 1 aliphatic heterocycles. The van der Waals surface area contributed by atoms with Gasteiger partial charge in [-0.15, -0.1) is 0 Å². The molecule has 0 N–H and O–H groups in total. The predicted molar refractivity (Wildman–Crippen MR) is 98.5 cm³/mol. The van der Waals surface area contributed by atoms with Crippen molar-refractivity contribution in [3.05, 3.63) is 48.5 Å². The Balaban J connectivity index is 1.96. The molecule has 1 heterocycles. The second-order valence-corrected chi connectivity index (χ2v) is 13.5. The Hall–Kier alpha value is -1.78. The Bertz CT molecular complexity index is 881. The van der Waals surface area contributed by atoms with Crippen LogP contribution in [0.1, 0.15) is 0 Å². The molecule has 0 atom stereocenters. The van der Waals surface area contributed by atoms with E-state index in [9.17, 15) is 13.2 Å². The van der Waals surface area contributed by atoms with Gasteiger partial charge in [-0.1, -0.05) is 0 Å². The maximum atomic E-state index is 12.8. The van der Waals surface area contributed by atoms with Gasteiger partial charge in [0, 0.05) is 0 Å². The quantitative estimate of drug-likeness (QED) is 0.697. The number of hydrogen-bond donors (Lipinski definition) is 0. The van der Waals surface area contributed by atoms with Crippen LogP contribution in [-0.2, 0) is 14.6 Å². The van der Waals surface area contributed by atoms with Crippen LogP contribution in [0.4, 0.5) is 5.69 Å². The van der Waals surface area contributed by atoms with E-state index in [2.05, 4.69) is 11.4 Å². The van der Waals surface area contributed by atoms with Gasteiger partial charge in [0.2, 0.25) is 0 Å². The number of carbonyl (C=O) groups excluding carboxylic acids is 1. The van der Waals surface area contributed by atoms with Gasteiger partial charge < -0.3 is 0 Å². The normalized spacial score (nSPS) is 14.4. The van der Waals surface area contributed by atoms with Gasteiger partial charge in [-0.3, -0.25) is 0 Å². The molecule has 0 saturated heterocycles. The number of carbonyl (C=O) groups is 1. The Morgan fingerprint density at radius 1 is 1.08 bits per heavy atom. The average molecular weight is 421 g/mol. The summed E-state index contributed by atoms with van der Waals surface area (Å²) in [7, 11) is -3.61. The first-order valence-electron chi connectivity index (χ1n) is 7.91. The molecule has 2 aromatic carbocycles. The van der Waals surface area contributed by atoms with Crippen molar-refractivity contribution in [2.24, 2.45) is 0 Å². The summed E-state index contributed by atoms with van der Waals surface area (Å²) in [5.41, 5.74) is 5.14. The molecule has 0 fully saturated rings. The SMILES string of the molecule is C[As](C)CCN1C(=O)COc2cc(S(=O)(=O)c3ccccc3)ccc21. The number of amides is 1. The number of nitrogens with zero attached hydrogens (tertiary/aromatic N) is 1. The molecule has 1 aliphatic rings. The van der Waals surface area contributed by atoms with Crippen molar-refractivity contribution in [3.8, 4) is 5.75 Å². The molecule has 0 aliphatic carbocycles. The third-order valence-electron chi connectivity index (χ3n) is 4.01. The first-order chi connectivity index (χ1) is 11.9. The van der Waals surface area contributed by atoms with Crippen LogP contribution in [0.3, 0.4) is 0 Å². The molecule has 3 rings (SSSR count). The van der Waals surface area contributed by atoms with Crippen LogP contribution in [-0.4, -0.2) is 42.1 Å². The molecule has 1 amide bonds. The van der Waals surface area contributed by atoms with Crippen molar-refractivity contribution in [3.63, 3.8) is 0 Å². The van der Waals surface area contributed by atoms with Gasteiger partial charge in [0.1, 0.15) is 0 Å². The minimum atomic E-state index is -3.61. The van der Waals surface area contributed by atoms with Crippen LogP contribution < -0.4 is 9.64 Å². The summed E-state index contributed by atoms with van der Waals surface area (Å²) in [6.07, 6.45) is 0. The van der Waals surface area contributed by atoms with E-state index >= 15 is 0 Å². The zero-order chi connectivity index (χ0) is 18.0. The molecular formula is C18H20AsNO4S. The van der Waals surface area contributed by atoms with E-state index in [-0.39, 0.29) is 22.3 Å². The van der Waals surface area contributed by atoms with E-state index in [1.165, 1.54) is 6.07 Å². The zero-order valence-corrected chi connectivity index (χ0v) is 16.9. The summed E-state index contributed by atoms with van der Waals surface area (Å²) in [4.78, 5) is 14.3. The van der Waals surface area contributed by atoms with E-state index in [0.29, 0.717) is 18.0 Å². The Morgan fingerprint density at radius 3 is 2.48 bits per heavy atom. The number of hydrogen-bond acceptors (Lipinski definition) is 4. The summed E-state index contributed by atoms with van der Waals surface area (Å²) in [6.45, 7) is 0.606. The van der Waals surface area contributed by atoms with Crippen LogP contribution >= 0.6 is 0 Å². The van der Waals surface area contributed by atoms with Gasteiger partial charge in [-0.25, -0.2) is 0 Å². The molecule has 0 spiro atoms. The molecule has 0 saturated carbocycles. The number of anilines is 1. The molecule has 132 valence electrons. The first-order valence-corrected chi connectivity index (χ1v) is 14.5. The van der Waals surface area contributed by atoms with Gasteiger partial charge >= 0.3 is 153 Å². The van der Waals surface area contributed by atoms with E-state index in [1.807, 2.05) is 0 Å². The zero-order valence-electron chi connectivity index (χ0n) is 14.2. The van der Waals surface area contributed by atoms with Crippen molar-refractivity contribution in [1.82, 2.24) is 0 Å². The van der Waals surface area contributed by atoms with E-state index in [0.717, 1.165) is 5.21 Å². The van der Waals surface area contributed by atoms with Gasteiger partial charge in [-0.05, 0) is 0 Å². The molecule has 0 aromatic heterocycles. The van der Waals surface area contributed by atoms with Crippen molar-refractivity contribution in [1.29, 1.82) is 0 Å². The third kappa shape index (κ3) is 3.75. The monoisotopic (exact) mass is 421 g/mol. The van der Waals surface area contributed by atoms with Crippen LogP contribution in [0.15, 0.2) is 58.3 Å². The summed E-state index contributed by atoms with van der Waals surface area (Å²) in [6, 6.07) is 13.0. The topological polar surface area (TPSA) is 63.7 Å². The molecule has 2 aromatic rings. The van der Waals surface area contributed by atoms with E-state index < -0.39 is 24.5 Å². The fourth-order valence-electron chi connectivity index (χ4n) is 2.63. The van der Waals surface area contributed by atoms with Crippen LogP contribution in [0.25, 0.3) is 0 Å². The van der Waals surface area contributed by atoms with Gasteiger partial charge in [0.15, 0.2) is 0 Å². The molecule has 5 nitrogen and oxygen atoms in total. The molecule has 0 bridgehead atoms. The number of fused-ring (bicyclic) bond motifs is 1. The minimum absolute atomic E-state index is 0.0533. The van der Waals surface area contributed by atoms with Crippen LogP contribution in [0.5, 0.6) is 5.75 Å². The average Bonchev–Trinajstić information content (AvgIpc) is 2.61. The number of ether oxygens (including phenoxy) is 1. The number of rotatable bonds is 5.